The fourth-order valence-electron chi connectivity index (χ4n) is 1.90. The molecule has 1 aromatic heterocycles. The highest BCUT2D eigenvalue weighted by molar-refractivity contribution is 7.10. The number of nitrogens with one attached hydrogen (secondary N) is 1. The monoisotopic (exact) mass is 253 g/mol. The molecule has 1 saturated carbocycles. The molecule has 1 amide bonds. The van der Waals surface area contributed by atoms with Crippen LogP contribution in [0.25, 0.3) is 0 Å². The third kappa shape index (κ3) is 2.66. The number of rotatable bonds is 5. The lowest BCUT2D eigenvalue weighted by Gasteiger charge is -2.26. The van der Waals surface area contributed by atoms with E-state index in [2.05, 4.69) is 5.32 Å². The molecule has 0 radical (unpaired) electrons. The maximum Gasteiger partial charge on any atom is 0.329 e. The summed E-state index contributed by atoms with van der Waals surface area (Å²) in [5.41, 5.74) is -1.10. The van der Waals surface area contributed by atoms with Crippen molar-refractivity contribution in [1.82, 2.24) is 5.32 Å². The van der Waals surface area contributed by atoms with Gasteiger partial charge in [0.15, 0.2) is 0 Å². The third-order valence-corrected chi connectivity index (χ3v) is 4.03. The lowest BCUT2D eigenvalue weighted by molar-refractivity contribution is -0.147. The van der Waals surface area contributed by atoms with Crippen molar-refractivity contribution in [2.24, 2.45) is 5.92 Å². The molecule has 0 bridgehead atoms. The number of hydrogen-bond acceptors (Lipinski definition) is 3. The van der Waals surface area contributed by atoms with Gasteiger partial charge in [0.25, 0.3) is 0 Å². The number of carbonyl (C=O) groups is 2. The Balaban J connectivity index is 1.99. The van der Waals surface area contributed by atoms with Crippen LogP contribution in [0.15, 0.2) is 17.5 Å². The van der Waals surface area contributed by atoms with Gasteiger partial charge in [-0.1, -0.05) is 6.07 Å². The zero-order valence-corrected chi connectivity index (χ0v) is 10.4. The van der Waals surface area contributed by atoms with Gasteiger partial charge in [-0.25, -0.2) is 4.79 Å². The molecule has 0 aliphatic heterocycles. The summed E-state index contributed by atoms with van der Waals surface area (Å²) in [6, 6.07) is 3.75. The van der Waals surface area contributed by atoms with E-state index in [-0.39, 0.29) is 18.2 Å². The second kappa shape index (κ2) is 4.49. The minimum absolute atomic E-state index is 0.0762. The fourth-order valence-corrected chi connectivity index (χ4v) is 2.60. The van der Waals surface area contributed by atoms with Crippen molar-refractivity contribution in [2.75, 3.05) is 0 Å². The quantitative estimate of drug-likeness (QED) is 0.838. The summed E-state index contributed by atoms with van der Waals surface area (Å²) in [6.07, 6.45) is 2.01. The summed E-state index contributed by atoms with van der Waals surface area (Å²) in [4.78, 5) is 24.0. The van der Waals surface area contributed by atoms with Crippen LogP contribution in [0.1, 0.15) is 24.6 Å². The summed E-state index contributed by atoms with van der Waals surface area (Å²) < 4.78 is 0. The van der Waals surface area contributed by atoms with E-state index in [1.807, 2.05) is 17.5 Å². The van der Waals surface area contributed by atoms with Crippen LogP contribution in [-0.2, 0) is 16.0 Å². The van der Waals surface area contributed by atoms with Gasteiger partial charge in [0.05, 0.1) is 6.42 Å². The van der Waals surface area contributed by atoms with Gasteiger partial charge in [-0.3, -0.25) is 4.79 Å². The Labute approximate surface area is 104 Å². The standard InChI is InChI=1S/C12H15NO3S/c1-12(11(15)16,8-4-5-8)13-10(14)7-9-3-2-6-17-9/h2-3,6,8H,4-5,7H2,1H3,(H,13,14)(H,15,16). The first-order valence-electron chi connectivity index (χ1n) is 5.59. The Morgan fingerprint density at radius 2 is 2.29 bits per heavy atom. The molecule has 4 nitrogen and oxygen atoms in total. The van der Waals surface area contributed by atoms with Gasteiger partial charge in [-0.05, 0) is 37.1 Å². The molecule has 0 aromatic carbocycles. The van der Waals surface area contributed by atoms with Gasteiger partial charge < -0.3 is 10.4 Å². The van der Waals surface area contributed by atoms with Gasteiger partial charge in [-0.2, -0.15) is 0 Å². The summed E-state index contributed by atoms with van der Waals surface area (Å²) >= 11 is 1.50. The third-order valence-electron chi connectivity index (χ3n) is 3.15. The van der Waals surface area contributed by atoms with Crippen molar-refractivity contribution in [2.45, 2.75) is 31.7 Å². The van der Waals surface area contributed by atoms with E-state index in [9.17, 15) is 14.7 Å². The van der Waals surface area contributed by atoms with Crippen LogP contribution < -0.4 is 5.32 Å². The number of hydrogen-bond donors (Lipinski definition) is 2. The zero-order chi connectivity index (χ0) is 12.5. The van der Waals surface area contributed by atoms with E-state index in [4.69, 9.17) is 0 Å². The van der Waals surface area contributed by atoms with Crippen molar-refractivity contribution in [3.8, 4) is 0 Å². The van der Waals surface area contributed by atoms with Crippen molar-refractivity contribution >= 4 is 23.2 Å². The zero-order valence-electron chi connectivity index (χ0n) is 9.60. The maximum absolute atomic E-state index is 11.8. The average Bonchev–Trinajstić information content (AvgIpc) is 2.99. The van der Waals surface area contributed by atoms with Crippen LogP contribution in [0.4, 0.5) is 0 Å². The minimum Gasteiger partial charge on any atom is -0.480 e. The second-order valence-corrected chi connectivity index (χ2v) is 5.62. The van der Waals surface area contributed by atoms with Crippen LogP contribution in [0, 0.1) is 5.92 Å². The van der Waals surface area contributed by atoms with Gasteiger partial charge in [-0.15, -0.1) is 11.3 Å². The van der Waals surface area contributed by atoms with Crippen LogP contribution in [0.3, 0.4) is 0 Å². The van der Waals surface area contributed by atoms with E-state index >= 15 is 0 Å². The molecule has 1 fully saturated rings. The first-order valence-corrected chi connectivity index (χ1v) is 6.47. The van der Waals surface area contributed by atoms with E-state index in [1.54, 1.807) is 6.92 Å². The molecule has 1 aromatic rings. The molecule has 0 saturated heterocycles. The van der Waals surface area contributed by atoms with Crippen LogP contribution >= 0.6 is 11.3 Å². The number of aliphatic carboxylic acids is 1. The molecular weight excluding hydrogens is 238 g/mol. The van der Waals surface area contributed by atoms with E-state index in [0.29, 0.717) is 0 Å². The molecule has 5 heteroatoms. The van der Waals surface area contributed by atoms with Gasteiger partial charge in [0, 0.05) is 4.88 Å². The van der Waals surface area contributed by atoms with Crippen LogP contribution in [-0.4, -0.2) is 22.5 Å². The summed E-state index contributed by atoms with van der Waals surface area (Å²) in [7, 11) is 0. The topological polar surface area (TPSA) is 66.4 Å². The van der Waals surface area contributed by atoms with Crippen LogP contribution in [0.5, 0.6) is 0 Å². The maximum atomic E-state index is 11.8. The molecule has 17 heavy (non-hydrogen) atoms. The van der Waals surface area contributed by atoms with E-state index in [0.717, 1.165) is 17.7 Å². The van der Waals surface area contributed by atoms with Gasteiger partial charge in [0.2, 0.25) is 5.91 Å². The fraction of sp³-hybridized carbons (Fsp3) is 0.500. The first kappa shape index (κ1) is 12.1. The van der Waals surface area contributed by atoms with Crippen molar-refractivity contribution in [1.29, 1.82) is 0 Å². The van der Waals surface area contributed by atoms with Gasteiger partial charge >= 0.3 is 5.97 Å². The molecule has 1 atom stereocenters. The molecule has 1 heterocycles. The molecule has 1 unspecified atom stereocenters. The Hall–Kier alpha value is -1.36. The minimum atomic E-state index is -1.10. The summed E-state index contributed by atoms with van der Waals surface area (Å²) in [6.45, 7) is 1.60. The molecule has 92 valence electrons. The lowest BCUT2D eigenvalue weighted by Crippen LogP contribution is -2.54. The van der Waals surface area contributed by atoms with Crippen LogP contribution in [0.2, 0.25) is 0 Å². The molecule has 0 spiro atoms. The SMILES string of the molecule is CC(NC(=O)Cc1cccs1)(C(=O)O)C1CC1. The van der Waals surface area contributed by atoms with Gasteiger partial charge in [0.1, 0.15) is 5.54 Å². The van der Waals surface area contributed by atoms with Crippen molar-refractivity contribution in [3.63, 3.8) is 0 Å². The normalized spacial score (nSPS) is 18.4. The van der Waals surface area contributed by atoms with Crippen molar-refractivity contribution < 1.29 is 14.7 Å². The second-order valence-electron chi connectivity index (χ2n) is 4.59. The van der Waals surface area contributed by atoms with E-state index in [1.165, 1.54) is 11.3 Å². The summed E-state index contributed by atoms with van der Waals surface area (Å²) in [5.74, 6) is -1.09. The molecule has 2 N–H and O–H groups in total. The predicted octanol–water partition coefficient (Wildman–Crippen LogP) is 1.66. The molecule has 2 rings (SSSR count). The molecule has 1 aliphatic rings. The number of thiophene rings is 1. The number of carbonyl (C=O) groups excluding carboxylic acids is 1. The largest absolute Gasteiger partial charge is 0.480 e. The molecular formula is C12H15NO3S. The highest BCUT2D eigenvalue weighted by Gasteiger charge is 2.48. The number of carboxylic acids is 1. The smallest absolute Gasteiger partial charge is 0.329 e. The Morgan fingerprint density at radius 3 is 2.76 bits per heavy atom. The highest BCUT2D eigenvalue weighted by atomic mass is 32.1. The average molecular weight is 253 g/mol. The number of carboxylic acid groups (broad SMARTS) is 1. The number of amides is 1. The lowest BCUT2D eigenvalue weighted by atomic mass is 9.96. The summed E-state index contributed by atoms with van der Waals surface area (Å²) in [5, 5.41) is 13.8. The Morgan fingerprint density at radius 1 is 1.59 bits per heavy atom. The Bertz CT molecular complexity index is 425. The van der Waals surface area contributed by atoms with Crippen molar-refractivity contribution in [3.05, 3.63) is 22.4 Å². The highest BCUT2D eigenvalue weighted by Crippen LogP contribution is 2.39. The molecule has 1 aliphatic carbocycles. The first-order chi connectivity index (χ1) is 8.02. The predicted molar refractivity (Wildman–Crippen MR) is 64.9 cm³/mol. The Kier molecular flexibility index (Phi) is 3.19. The van der Waals surface area contributed by atoms with E-state index < -0.39 is 11.5 Å².